The number of oxime groups is 1. The number of aromatic nitrogens is 5. The summed E-state index contributed by atoms with van der Waals surface area (Å²) >= 11 is 3.53. The molecule has 5 heterocycles. The summed E-state index contributed by atoms with van der Waals surface area (Å²) < 4.78 is 35.0. The molecule has 19 nitrogen and oxygen atoms in total. The number of fused-ring (bicyclic) bond motifs is 2. The maximum absolute atomic E-state index is 13.3. The lowest BCUT2D eigenvalue weighted by Crippen LogP contribution is -2.71. The molecule has 3 aromatic heterocycles. The van der Waals surface area contributed by atoms with E-state index in [-0.39, 0.29) is 28.0 Å². The van der Waals surface area contributed by atoms with Gasteiger partial charge in [0.1, 0.15) is 34.6 Å². The number of amides is 2. The Balaban J connectivity index is 0.000000755. The number of alkyl halides is 3. The highest BCUT2D eigenvalue weighted by molar-refractivity contribution is 8.01. The summed E-state index contributed by atoms with van der Waals surface area (Å²) in [7, 11) is 1.82. The molecule has 0 bridgehead atoms. The van der Waals surface area contributed by atoms with E-state index in [2.05, 4.69) is 25.5 Å². The summed E-state index contributed by atoms with van der Waals surface area (Å²) in [5, 5.41) is 40.1. The second-order valence-electron chi connectivity index (χ2n) is 11.0. The number of halogens is 3. The van der Waals surface area contributed by atoms with Crippen LogP contribution in [0.5, 0.6) is 0 Å². The molecule has 2 aliphatic heterocycles. The number of thioether (sulfide) groups is 2. The van der Waals surface area contributed by atoms with Gasteiger partial charge in [0.25, 0.3) is 28.9 Å². The molecule has 7 N–H and O–H groups in total. The number of carbonyl (C=O) groups excluding carboxylic acids is 3. The van der Waals surface area contributed by atoms with E-state index in [4.69, 9.17) is 26.2 Å². The number of carbonyl (C=O) groups is 5. The lowest BCUT2D eigenvalue weighted by atomic mass is 10.0. The molecule has 2 amide bonds. The first-order valence-corrected chi connectivity index (χ1v) is 16.9. The molecule has 0 aliphatic carbocycles. The number of aliphatic carboxylic acids is 3. The average Bonchev–Trinajstić information content (AvgIpc) is 3.65. The fraction of sp³-hybridized carbons (Fsp3) is 0.385. The van der Waals surface area contributed by atoms with Gasteiger partial charge in [-0.1, -0.05) is 16.9 Å². The lowest BCUT2D eigenvalue weighted by Gasteiger charge is -2.49. The maximum atomic E-state index is 13.3. The fourth-order valence-corrected chi connectivity index (χ4v) is 7.33. The standard InChI is InChI=1S/C24H26N10O7S3.C2HF3O2/c1-9-15(25)30-23(34-17(9)32(4)8-27-34)44-6-10-5-42-19-13(18(36)33(19)14(10)20(37)38)29-16(35)12(11-7-43-22(26)28-11)31-41-24(2,3)21(39)40;3-2(4,5)1(6)7/h7-8,13,19,25H,5-6H2,1-4H3,(H5,26,28,29,35,37,38,39,40);(H,6,7)/b31-12-;. The van der Waals surface area contributed by atoms with E-state index in [1.54, 1.807) is 15.4 Å². The molecule has 274 valence electrons. The minimum atomic E-state index is -5.19. The van der Waals surface area contributed by atoms with E-state index in [0.717, 1.165) is 27.4 Å². The monoisotopic (exact) mass is 776 g/mol. The van der Waals surface area contributed by atoms with Crippen molar-refractivity contribution in [2.75, 3.05) is 23.0 Å². The molecule has 25 heteroatoms. The lowest BCUT2D eigenvalue weighted by molar-refractivity contribution is -0.646. The minimum absolute atomic E-state index is 0.0155. The highest BCUT2D eigenvalue weighted by Crippen LogP contribution is 2.41. The van der Waals surface area contributed by atoms with Crippen molar-refractivity contribution >= 4 is 86.9 Å². The molecule has 1 fully saturated rings. The van der Waals surface area contributed by atoms with Crippen molar-refractivity contribution in [2.24, 2.45) is 12.2 Å². The number of nitrogens with two attached hydrogens (primary N) is 2. The quantitative estimate of drug-likeness (QED) is 0.0408. The highest BCUT2D eigenvalue weighted by Gasteiger charge is 2.54. The Labute approximate surface area is 296 Å². The van der Waals surface area contributed by atoms with Crippen molar-refractivity contribution in [1.82, 2.24) is 29.8 Å². The van der Waals surface area contributed by atoms with Crippen molar-refractivity contribution in [2.45, 2.75) is 49.1 Å². The summed E-state index contributed by atoms with van der Waals surface area (Å²) in [4.78, 5) is 73.8. The van der Waals surface area contributed by atoms with Crippen molar-refractivity contribution in [3.05, 3.63) is 34.2 Å². The number of β-lactam (4-membered cyclic amide) rings is 1. The Hall–Kier alpha value is -5.17. The van der Waals surface area contributed by atoms with Crippen LogP contribution in [0.2, 0.25) is 0 Å². The molecule has 0 spiro atoms. The van der Waals surface area contributed by atoms with E-state index in [1.165, 1.54) is 42.8 Å². The molecular weight excluding hydrogens is 750 g/mol. The smallest absolute Gasteiger partial charge is 0.430 e. The topological polar surface area (TPSA) is 285 Å². The number of carboxylic acid groups (broad SMARTS) is 3. The van der Waals surface area contributed by atoms with Crippen LogP contribution < -0.4 is 26.5 Å². The predicted octanol–water partition coefficient (Wildman–Crippen LogP) is -1.10. The summed E-state index contributed by atoms with van der Waals surface area (Å²) in [5.74, 6) is -6.38. The van der Waals surface area contributed by atoms with Gasteiger partial charge in [-0.3, -0.25) is 14.5 Å². The van der Waals surface area contributed by atoms with E-state index in [0.29, 0.717) is 16.5 Å². The number of carboxylic acids is 3. The van der Waals surface area contributed by atoms with E-state index in [9.17, 15) is 42.6 Å². The predicted molar refractivity (Wildman–Crippen MR) is 171 cm³/mol. The SMILES string of the molecule is Cc1c(N)nc(SCC2=C(C(=O)O)N3C(=O)C(NC(=O)/C(=N\OC(C)(C)C(=O)O)c4csc(N)n4)C3SC2)n2nc[n+](C)c12.O=C([O-])C(F)(F)F. The van der Waals surface area contributed by atoms with Crippen LogP contribution >= 0.6 is 34.9 Å². The summed E-state index contributed by atoms with van der Waals surface area (Å²) in [6, 6.07) is -1.09. The van der Waals surface area contributed by atoms with Gasteiger partial charge < -0.3 is 41.7 Å². The molecule has 2 unspecified atom stereocenters. The first-order chi connectivity index (χ1) is 23.6. The van der Waals surface area contributed by atoms with Crippen molar-refractivity contribution in [1.29, 1.82) is 0 Å². The van der Waals surface area contributed by atoms with Crippen molar-refractivity contribution in [3.8, 4) is 0 Å². The molecule has 2 atom stereocenters. The van der Waals surface area contributed by atoms with Gasteiger partial charge in [0.15, 0.2) is 10.8 Å². The van der Waals surface area contributed by atoms with Crippen LogP contribution in [0.25, 0.3) is 5.65 Å². The Morgan fingerprint density at radius 1 is 1.24 bits per heavy atom. The normalized spacial score (nSPS) is 17.7. The Morgan fingerprint density at radius 3 is 2.43 bits per heavy atom. The van der Waals surface area contributed by atoms with Gasteiger partial charge in [-0.05, 0) is 30.9 Å². The number of hydrogen-bond acceptors (Lipinski definition) is 16. The first kappa shape index (κ1) is 38.6. The second kappa shape index (κ2) is 14.6. The van der Waals surface area contributed by atoms with Gasteiger partial charge in [-0.25, -0.2) is 19.1 Å². The highest BCUT2D eigenvalue weighted by atomic mass is 32.2. The van der Waals surface area contributed by atoms with Crippen LogP contribution in [-0.2, 0) is 35.9 Å². The Bertz CT molecular complexity index is 2000. The summed E-state index contributed by atoms with van der Waals surface area (Å²) in [6.45, 7) is 4.31. The van der Waals surface area contributed by atoms with E-state index >= 15 is 0 Å². The van der Waals surface area contributed by atoms with Crippen LogP contribution in [-0.4, -0.2) is 105 Å². The van der Waals surface area contributed by atoms with Gasteiger partial charge >= 0.3 is 18.1 Å². The summed E-state index contributed by atoms with van der Waals surface area (Å²) in [5.41, 5.74) is 11.4. The van der Waals surface area contributed by atoms with Gasteiger partial charge in [-0.15, -0.1) is 23.1 Å². The van der Waals surface area contributed by atoms with Crippen molar-refractivity contribution in [3.63, 3.8) is 0 Å². The molecule has 0 radical (unpaired) electrons. The average molecular weight is 777 g/mol. The zero-order valence-electron chi connectivity index (χ0n) is 26.6. The molecule has 5 rings (SSSR count). The second-order valence-corrected chi connectivity index (χ2v) is 13.9. The third-order valence-corrected chi connectivity index (χ3v) is 10.0. The molecule has 2 aliphatic rings. The third-order valence-electron chi connectivity index (χ3n) is 7.00. The van der Waals surface area contributed by atoms with E-state index in [1.807, 2.05) is 14.0 Å². The van der Waals surface area contributed by atoms with Crippen LogP contribution in [0.4, 0.5) is 24.1 Å². The maximum Gasteiger partial charge on any atom is 0.430 e. The molecule has 1 saturated heterocycles. The third kappa shape index (κ3) is 8.09. The number of rotatable bonds is 10. The number of anilines is 2. The van der Waals surface area contributed by atoms with Gasteiger partial charge in [0.2, 0.25) is 5.60 Å². The molecule has 0 saturated carbocycles. The minimum Gasteiger partial charge on any atom is -0.542 e. The van der Waals surface area contributed by atoms with Gasteiger partial charge in [0.05, 0.1) is 12.6 Å². The van der Waals surface area contributed by atoms with Crippen molar-refractivity contribution < 1.29 is 61.9 Å². The zero-order chi connectivity index (χ0) is 38.2. The summed E-state index contributed by atoms with van der Waals surface area (Å²) in [6.07, 6.45) is -3.58. The number of thiazole rings is 1. The molecule has 0 aromatic carbocycles. The Kier molecular flexibility index (Phi) is 11.1. The zero-order valence-corrected chi connectivity index (χ0v) is 29.1. The van der Waals surface area contributed by atoms with Crippen LogP contribution in [0.15, 0.2) is 33.3 Å². The number of hydrogen-bond donors (Lipinski definition) is 5. The molecular formula is C26H27F3N10O9S3. The largest absolute Gasteiger partial charge is 0.542 e. The number of nitrogens with zero attached hydrogens (tertiary/aromatic N) is 7. The molecule has 51 heavy (non-hydrogen) atoms. The van der Waals surface area contributed by atoms with Crippen LogP contribution in [0.1, 0.15) is 25.1 Å². The number of nitrogens with one attached hydrogen (secondary N) is 1. The van der Waals surface area contributed by atoms with Crippen LogP contribution in [0.3, 0.4) is 0 Å². The molecule has 3 aromatic rings. The van der Waals surface area contributed by atoms with Crippen LogP contribution in [0, 0.1) is 6.92 Å². The van der Waals surface area contributed by atoms with Gasteiger partial charge in [0, 0.05) is 22.0 Å². The fourth-order valence-electron chi connectivity index (χ4n) is 4.35. The Morgan fingerprint density at radius 2 is 1.88 bits per heavy atom. The van der Waals surface area contributed by atoms with Gasteiger partial charge in [-0.2, -0.15) is 18.2 Å². The number of aryl methyl sites for hydroxylation is 2. The first-order valence-electron chi connectivity index (χ1n) is 14.0. The number of nitrogen functional groups attached to an aromatic ring is 2. The van der Waals surface area contributed by atoms with E-state index < -0.39 is 58.6 Å².